The van der Waals surface area contributed by atoms with Crippen LogP contribution in [0.1, 0.15) is 30.1 Å². The minimum Gasteiger partial charge on any atom is -0.481 e. The van der Waals surface area contributed by atoms with Crippen molar-refractivity contribution in [2.45, 2.75) is 19.8 Å². The van der Waals surface area contributed by atoms with Gasteiger partial charge in [0.25, 0.3) is 0 Å². The Kier molecular flexibility index (Phi) is 6.08. The predicted octanol–water partition coefficient (Wildman–Crippen LogP) is 4.26. The molecule has 1 aliphatic rings. The van der Waals surface area contributed by atoms with E-state index in [0.717, 1.165) is 4.88 Å². The summed E-state index contributed by atoms with van der Waals surface area (Å²) in [5.74, 6) is -3.32. The number of carboxylic acid groups (broad SMARTS) is 1. The normalized spacial score (nSPS) is 18.9. The molecule has 0 aliphatic heterocycles. The first-order chi connectivity index (χ1) is 13.0. The maximum atomic E-state index is 12.8. The van der Waals surface area contributed by atoms with E-state index in [-0.39, 0.29) is 6.61 Å². The molecule has 2 atom stereocenters. The summed E-state index contributed by atoms with van der Waals surface area (Å²) in [6, 6.07) is 3.78. The van der Waals surface area contributed by atoms with Crippen LogP contribution in [0.25, 0.3) is 10.4 Å². The summed E-state index contributed by atoms with van der Waals surface area (Å²) >= 11 is 2.73. The Morgan fingerprint density at radius 1 is 1.22 bits per heavy atom. The highest BCUT2D eigenvalue weighted by atomic mass is 32.1. The fourth-order valence-corrected chi connectivity index (χ4v) is 4.83. The van der Waals surface area contributed by atoms with Crippen LogP contribution < -0.4 is 5.32 Å². The second kappa shape index (κ2) is 8.49. The number of carboxylic acids is 1. The van der Waals surface area contributed by atoms with Crippen LogP contribution in [0.5, 0.6) is 0 Å². The lowest BCUT2D eigenvalue weighted by Gasteiger charge is -2.24. The number of carbonyl (C=O) groups is 3. The smallest absolute Gasteiger partial charge is 0.341 e. The number of ether oxygens (including phenoxy) is 1. The Balaban J connectivity index is 1.90. The van der Waals surface area contributed by atoms with E-state index in [1.54, 1.807) is 13.0 Å². The number of carbonyl (C=O) groups excluding carboxylic acids is 2. The third kappa shape index (κ3) is 4.12. The largest absolute Gasteiger partial charge is 0.481 e. The number of rotatable bonds is 6. The first-order valence-electron chi connectivity index (χ1n) is 8.54. The minimum atomic E-state index is -0.990. The Morgan fingerprint density at radius 2 is 1.96 bits per heavy atom. The zero-order valence-corrected chi connectivity index (χ0v) is 16.3. The molecular weight excluding hydrogens is 386 g/mol. The number of nitrogens with one attached hydrogen (secondary N) is 1. The number of anilines is 1. The summed E-state index contributed by atoms with van der Waals surface area (Å²) in [5, 5.41) is 16.3. The number of hydrogen-bond acceptors (Lipinski definition) is 6. The van der Waals surface area contributed by atoms with E-state index in [1.807, 2.05) is 29.0 Å². The lowest BCUT2D eigenvalue weighted by molar-refractivity contribution is -0.146. The molecule has 0 bridgehead atoms. The maximum Gasteiger partial charge on any atom is 0.341 e. The molecule has 2 aromatic heterocycles. The molecule has 0 spiro atoms. The molecule has 0 aromatic carbocycles. The molecule has 1 amide bonds. The molecule has 0 fully saturated rings. The molecule has 27 heavy (non-hydrogen) atoms. The van der Waals surface area contributed by atoms with E-state index in [2.05, 4.69) is 5.32 Å². The highest BCUT2D eigenvalue weighted by Gasteiger charge is 2.35. The molecule has 0 saturated heterocycles. The number of hydrogen-bond donors (Lipinski definition) is 2. The van der Waals surface area contributed by atoms with Gasteiger partial charge in [-0.25, -0.2) is 4.79 Å². The van der Waals surface area contributed by atoms with Crippen LogP contribution in [0.2, 0.25) is 0 Å². The summed E-state index contributed by atoms with van der Waals surface area (Å²) in [4.78, 5) is 37.6. The topological polar surface area (TPSA) is 92.7 Å². The molecule has 8 heteroatoms. The van der Waals surface area contributed by atoms with E-state index in [0.29, 0.717) is 29.0 Å². The van der Waals surface area contributed by atoms with Crippen LogP contribution >= 0.6 is 22.7 Å². The SMILES string of the molecule is CCOC(=O)c1c(-c2cccs2)csc1NC(=O)C1CC=CCC1C(=O)O. The van der Waals surface area contributed by atoms with Crippen LogP contribution in [-0.4, -0.2) is 29.6 Å². The fraction of sp³-hybridized carbons (Fsp3) is 0.316. The molecule has 2 heterocycles. The Morgan fingerprint density at radius 3 is 2.59 bits per heavy atom. The van der Waals surface area contributed by atoms with Crippen LogP contribution in [0.3, 0.4) is 0 Å². The van der Waals surface area contributed by atoms with Gasteiger partial charge in [0, 0.05) is 15.8 Å². The summed E-state index contributed by atoms with van der Waals surface area (Å²) in [7, 11) is 0. The van der Waals surface area contributed by atoms with Crippen LogP contribution in [-0.2, 0) is 14.3 Å². The van der Waals surface area contributed by atoms with Crippen molar-refractivity contribution >= 4 is 45.5 Å². The third-order valence-electron chi connectivity index (χ3n) is 4.38. The maximum absolute atomic E-state index is 12.8. The number of esters is 1. The molecule has 6 nitrogen and oxygen atoms in total. The lowest BCUT2D eigenvalue weighted by atomic mass is 9.82. The molecule has 0 radical (unpaired) electrons. The van der Waals surface area contributed by atoms with Gasteiger partial charge >= 0.3 is 11.9 Å². The monoisotopic (exact) mass is 405 g/mol. The molecule has 142 valence electrons. The molecule has 3 rings (SSSR count). The first kappa shape index (κ1) is 19.3. The zero-order valence-electron chi connectivity index (χ0n) is 14.6. The zero-order chi connectivity index (χ0) is 19.4. The standard InChI is InChI=1S/C19H19NO5S2/c1-2-25-19(24)15-13(14-8-5-9-26-14)10-27-17(15)20-16(21)11-6-3-4-7-12(11)18(22)23/h3-5,8-12H,2,6-7H2,1H3,(H,20,21)(H,22,23). The van der Waals surface area contributed by atoms with E-state index in [4.69, 9.17) is 4.74 Å². The van der Waals surface area contributed by atoms with Crippen molar-refractivity contribution in [2.75, 3.05) is 11.9 Å². The first-order valence-corrected chi connectivity index (χ1v) is 10.3. The van der Waals surface area contributed by atoms with Gasteiger partial charge in [-0.2, -0.15) is 0 Å². The second-order valence-electron chi connectivity index (χ2n) is 6.03. The van der Waals surface area contributed by atoms with E-state index in [1.165, 1.54) is 22.7 Å². The van der Waals surface area contributed by atoms with Crippen molar-refractivity contribution in [1.82, 2.24) is 0 Å². The van der Waals surface area contributed by atoms with Gasteiger partial charge < -0.3 is 15.2 Å². The predicted molar refractivity (Wildman–Crippen MR) is 105 cm³/mol. The Hall–Kier alpha value is -2.45. The van der Waals surface area contributed by atoms with Crippen molar-refractivity contribution in [3.05, 3.63) is 40.6 Å². The van der Waals surface area contributed by atoms with Gasteiger partial charge in [0.15, 0.2) is 0 Å². The summed E-state index contributed by atoms with van der Waals surface area (Å²) < 4.78 is 5.17. The van der Waals surface area contributed by atoms with Crippen LogP contribution in [0, 0.1) is 11.8 Å². The van der Waals surface area contributed by atoms with Gasteiger partial charge in [0.1, 0.15) is 10.6 Å². The van der Waals surface area contributed by atoms with E-state index >= 15 is 0 Å². The molecule has 2 aromatic rings. The molecule has 1 aliphatic carbocycles. The number of amides is 1. The van der Waals surface area contributed by atoms with Crippen molar-refractivity contribution in [2.24, 2.45) is 11.8 Å². The minimum absolute atomic E-state index is 0.223. The van der Waals surface area contributed by atoms with Crippen LogP contribution in [0.4, 0.5) is 5.00 Å². The van der Waals surface area contributed by atoms with Gasteiger partial charge in [-0.05, 0) is 31.2 Å². The quantitative estimate of drug-likeness (QED) is 0.553. The average molecular weight is 405 g/mol. The Bertz CT molecular complexity index is 869. The van der Waals surface area contributed by atoms with E-state index < -0.39 is 29.7 Å². The lowest BCUT2D eigenvalue weighted by Crippen LogP contribution is -2.34. The van der Waals surface area contributed by atoms with Gasteiger partial charge in [-0.1, -0.05) is 18.2 Å². The van der Waals surface area contributed by atoms with Crippen LogP contribution in [0.15, 0.2) is 35.0 Å². The molecule has 2 unspecified atom stereocenters. The fourth-order valence-electron chi connectivity index (χ4n) is 3.05. The van der Waals surface area contributed by atoms with Crippen molar-refractivity contribution in [3.8, 4) is 10.4 Å². The molecule has 0 saturated carbocycles. The van der Waals surface area contributed by atoms with Crippen molar-refractivity contribution in [3.63, 3.8) is 0 Å². The number of allylic oxidation sites excluding steroid dienone is 2. The van der Waals surface area contributed by atoms with Crippen molar-refractivity contribution < 1.29 is 24.2 Å². The summed E-state index contributed by atoms with van der Waals surface area (Å²) in [6.07, 6.45) is 4.29. The van der Waals surface area contributed by atoms with Gasteiger partial charge in [0.05, 0.1) is 18.4 Å². The van der Waals surface area contributed by atoms with Crippen molar-refractivity contribution in [1.29, 1.82) is 0 Å². The molecule has 2 N–H and O–H groups in total. The summed E-state index contributed by atoms with van der Waals surface area (Å²) in [5.41, 5.74) is 1.03. The van der Waals surface area contributed by atoms with Gasteiger partial charge in [0.2, 0.25) is 5.91 Å². The van der Waals surface area contributed by atoms with E-state index in [9.17, 15) is 19.5 Å². The number of thiophene rings is 2. The molecular formula is C19H19NO5S2. The van der Waals surface area contributed by atoms with Gasteiger partial charge in [-0.3, -0.25) is 9.59 Å². The Labute approximate surface area is 164 Å². The summed E-state index contributed by atoms with van der Waals surface area (Å²) in [6.45, 7) is 1.94. The number of aliphatic carboxylic acids is 1. The highest BCUT2D eigenvalue weighted by molar-refractivity contribution is 7.17. The van der Waals surface area contributed by atoms with Gasteiger partial charge in [-0.15, -0.1) is 22.7 Å². The second-order valence-corrected chi connectivity index (χ2v) is 7.86. The highest BCUT2D eigenvalue weighted by Crippen LogP contribution is 2.39. The third-order valence-corrected chi connectivity index (χ3v) is 6.18. The average Bonchev–Trinajstić information content (AvgIpc) is 3.31.